The van der Waals surface area contributed by atoms with Crippen LogP contribution < -0.4 is 4.90 Å². The minimum absolute atomic E-state index is 0.331. The summed E-state index contributed by atoms with van der Waals surface area (Å²) in [6.07, 6.45) is 0. The number of nitrogens with zero attached hydrogens (tertiary/aromatic N) is 2. The molecule has 0 fully saturated rings. The lowest BCUT2D eigenvalue weighted by molar-refractivity contribution is 0.956. The van der Waals surface area contributed by atoms with Gasteiger partial charge in [0.15, 0.2) is 0 Å². The fourth-order valence-corrected chi connectivity index (χ4v) is 8.93. The standard InChI is InChI=1S/C50H34N2/c1-32-39-14-6-7-17-43(39)44-27-24-37(30-46(32)44)51(36-23-26-41-35(29-36)22-21-34-12-2-4-15-40(34)41)38-25-28-50-47(31-38)45-18-8-9-19-49(45)52(50)48-20-10-13-33-11-3-5-16-42(33)48/h2-32H,1H3/t32-/m1/s1. The van der Waals surface area contributed by atoms with Gasteiger partial charge in [-0.15, -0.1) is 0 Å². The first-order chi connectivity index (χ1) is 25.7. The lowest BCUT2D eigenvalue weighted by atomic mass is 9.98. The van der Waals surface area contributed by atoms with Crippen LogP contribution in [-0.4, -0.2) is 4.57 Å². The van der Waals surface area contributed by atoms with Gasteiger partial charge in [-0.3, -0.25) is 0 Å². The maximum atomic E-state index is 2.45. The number of hydrogen-bond acceptors (Lipinski definition) is 1. The predicted molar refractivity (Wildman–Crippen MR) is 221 cm³/mol. The summed E-state index contributed by atoms with van der Waals surface area (Å²) in [4.78, 5) is 2.45. The summed E-state index contributed by atoms with van der Waals surface area (Å²) in [5.74, 6) is 0.331. The Bertz CT molecular complexity index is 3050. The number of aromatic nitrogens is 1. The molecule has 9 aromatic carbocycles. The zero-order valence-corrected chi connectivity index (χ0v) is 28.8. The molecule has 1 atom stereocenters. The molecule has 0 N–H and O–H groups in total. The molecule has 0 saturated carbocycles. The highest BCUT2D eigenvalue weighted by atomic mass is 15.1. The lowest BCUT2D eigenvalue weighted by Crippen LogP contribution is -2.10. The molecule has 0 amide bonds. The lowest BCUT2D eigenvalue weighted by Gasteiger charge is -2.27. The normalized spacial score (nSPS) is 13.7. The molecule has 0 bridgehead atoms. The van der Waals surface area contributed by atoms with Crippen LogP contribution in [0.5, 0.6) is 0 Å². The molecule has 10 aromatic rings. The first-order valence-electron chi connectivity index (χ1n) is 18.2. The Labute approximate surface area is 302 Å². The number of anilines is 3. The van der Waals surface area contributed by atoms with E-state index in [-0.39, 0.29) is 0 Å². The summed E-state index contributed by atoms with van der Waals surface area (Å²) < 4.78 is 2.44. The second-order valence-corrected chi connectivity index (χ2v) is 14.2. The van der Waals surface area contributed by atoms with E-state index in [0.29, 0.717) is 5.92 Å². The van der Waals surface area contributed by atoms with Crippen LogP contribution in [0.4, 0.5) is 17.1 Å². The van der Waals surface area contributed by atoms with Gasteiger partial charge in [0.05, 0.1) is 16.7 Å². The van der Waals surface area contributed by atoms with Gasteiger partial charge < -0.3 is 9.47 Å². The molecule has 1 aromatic heterocycles. The van der Waals surface area contributed by atoms with Crippen molar-refractivity contribution in [1.82, 2.24) is 4.57 Å². The quantitative estimate of drug-likeness (QED) is 0.170. The topological polar surface area (TPSA) is 8.17 Å². The Balaban J connectivity index is 1.15. The first kappa shape index (κ1) is 29.1. The molecule has 0 saturated heterocycles. The van der Waals surface area contributed by atoms with Gasteiger partial charge in [-0.2, -0.15) is 0 Å². The van der Waals surface area contributed by atoms with E-state index in [9.17, 15) is 0 Å². The van der Waals surface area contributed by atoms with Gasteiger partial charge in [0.2, 0.25) is 0 Å². The highest BCUT2D eigenvalue weighted by Crippen LogP contribution is 2.48. The maximum absolute atomic E-state index is 2.45. The third-order valence-corrected chi connectivity index (χ3v) is 11.4. The molecule has 2 heteroatoms. The van der Waals surface area contributed by atoms with Gasteiger partial charge in [0, 0.05) is 39.1 Å². The second kappa shape index (κ2) is 11.2. The van der Waals surface area contributed by atoms with Crippen LogP contribution in [0.1, 0.15) is 24.0 Å². The van der Waals surface area contributed by atoms with Crippen LogP contribution in [0.15, 0.2) is 182 Å². The average molecular weight is 663 g/mol. The van der Waals surface area contributed by atoms with Crippen LogP contribution in [0, 0.1) is 0 Å². The Morgan fingerprint density at radius 1 is 0.385 bits per heavy atom. The molecule has 0 unspecified atom stereocenters. The molecule has 11 rings (SSSR count). The minimum atomic E-state index is 0.331. The van der Waals surface area contributed by atoms with E-state index >= 15 is 0 Å². The first-order valence-corrected chi connectivity index (χ1v) is 18.2. The third kappa shape index (κ3) is 4.25. The van der Waals surface area contributed by atoms with E-state index in [4.69, 9.17) is 0 Å². The second-order valence-electron chi connectivity index (χ2n) is 14.2. The van der Waals surface area contributed by atoms with Crippen LogP contribution in [0.3, 0.4) is 0 Å². The van der Waals surface area contributed by atoms with Crippen LogP contribution in [0.25, 0.3) is 70.9 Å². The Morgan fingerprint density at radius 3 is 1.88 bits per heavy atom. The number of para-hydroxylation sites is 1. The van der Waals surface area contributed by atoms with Gasteiger partial charge in [0.1, 0.15) is 0 Å². The predicted octanol–water partition coefficient (Wildman–Crippen LogP) is 13.8. The van der Waals surface area contributed by atoms with E-state index < -0.39 is 0 Å². The number of rotatable bonds is 4. The van der Waals surface area contributed by atoms with Crippen molar-refractivity contribution in [2.75, 3.05) is 4.90 Å². The molecule has 52 heavy (non-hydrogen) atoms. The number of hydrogen-bond donors (Lipinski definition) is 0. The van der Waals surface area contributed by atoms with Crippen molar-refractivity contribution in [3.8, 4) is 16.8 Å². The van der Waals surface area contributed by atoms with Crippen LogP contribution >= 0.6 is 0 Å². The maximum Gasteiger partial charge on any atom is 0.0542 e. The monoisotopic (exact) mass is 662 g/mol. The molecule has 2 nitrogen and oxygen atoms in total. The molecule has 1 aliphatic rings. The summed E-state index contributed by atoms with van der Waals surface area (Å²) >= 11 is 0. The van der Waals surface area contributed by atoms with E-state index in [0.717, 1.165) is 17.1 Å². The zero-order valence-electron chi connectivity index (χ0n) is 28.8. The number of fused-ring (bicyclic) bond motifs is 10. The van der Waals surface area contributed by atoms with Crippen molar-refractivity contribution >= 4 is 71.2 Å². The minimum Gasteiger partial charge on any atom is -0.310 e. The third-order valence-electron chi connectivity index (χ3n) is 11.4. The van der Waals surface area contributed by atoms with E-state index in [2.05, 4.69) is 198 Å². The summed E-state index contributed by atoms with van der Waals surface area (Å²) in [6.45, 7) is 2.34. The molecule has 0 aliphatic heterocycles. The summed E-state index contributed by atoms with van der Waals surface area (Å²) in [7, 11) is 0. The van der Waals surface area contributed by atoms with Crippen molar-refractivity contribution in [2.45, 2.75) is 12.8 Å². The zero-order chi connectivity index (χ0) is 34.3. The molecule has 1 heterocycles. The number of benzene rings is 9. The smallest absolute Gasteiger partial charge is 0.0542 e. The van der Waals surface area contributed by atoms with Crippen LogP contribution in [0.2, 0.25) is 0 Å². The van der Waals surface area contributed by atoms with E-state index in [1.807, 2.05) is 0 Å². The molecule has 0 spiro atoms. The van der Waals surface area contributed by atoms with Crippen molar-refractivity contribution in [2.24, 2.45) is 0 Å². The Kier molecular flexibility index (Phi) is 6.26. The van der Waals surface area contributed by atoms with Crippen molar-refractivity contribution in [3.63, 3.8) is 0 Å². The fourth-order valence-electron chi connectivity index (χ4n) is 8.93. The largest absolute Gasteiger partial charge is 0.310 e. The van der Waals surface area contributed by atoms with Gasteiger partial charge in [0.25, 0.3) is 0 Å². The van der Waals surface area contributed by atoms with Crippen molar-refractivity contribution in [3.05, 3.63) is 193 Å². The highest BCUT2D eigenvalue weighted by molar-refractivity contribution is 6.12. The molecular weight excluding hydrogens is 629 g/mol. The van der Waals surface area contributed by atoms with Crippen molar-refractivity contribution in [1.29, 1.82) is 0 Å². The summed E-state index contributed by atoms with van der Waals surface area (Å²) in [5, 5.41) is 10.0. The molecule has 244 valence electrons. The molecular formula is C50H34N2. The molecule has 1 aliphatic carbocycles. The fraction of sp³-hybridized carbons (Fsp3) is 0.0400. The summed E-state index contributed by atoms with van der Waals surface area (Å²) in [5.41, 5.74) is 12.5. The van der Waals surface area contributed by atoms with Crippen molar-refractivity contribution < 1.29 is 0 Å². The Hall–Kier alpha value is -6.64. The van der Waals surface area contributed by atoms with Gasteiger partial charge in [-0.25, -0.2) is 0 Å². The van der Waals surface area contributed by atoms with Gasteiger partial charge in [-0.1, -0.05) is 134 Å². The van der Waals surface area contributed by atoms with Gasteiger partial charge >= 0.3 is 0 Å². The van der Waals surface area contributed by atoms with E-state index in [1.54, 1.807) is 0 Å². The summed E-state index contributed by atoms with van der Waals surface area (Å²) in [6, 6.07) is 67.2. The average Bonchev–Trinajstić information content (AvgIpc) is 3.68. The van der Waals surface area contributed by atoms with Gasteiger partial charge in [-0.05, 0) is 104 Å². The van der Waals surface area contributed by atoms with Crippen LogP contribution in [-0.2, 0) is 0 Å². The SMILES string of the molecule is C[C@@H]1c2ccccc2-c2ccc(N(c3ccc4c(ccc5ccccc54)c3)c3ccc4c(c3)c3ccccc3n4-c3cccc4ccccc34)cc21. The van der Waals surface area contributed by atoms with E-state index in [1.165, 1.54) is 82.1 Å². The Morgan fingerprint density at radius 2 is 0.981 bits per heavy atom. The highest BCUT2D eigenvalue weighted by Gasteiger charge is 2.27. The molecule has 0 radical (unpaired) electrons.